The lowest BCUT2D eigenvalue weighted by molar-refractivity contribution is -0.140. The summed E-state index contributed by atoms with van der Waals surface area (Å²) < 4.78 is 35.2. The summed E-state index contributed by atoms with van der Waals surface area (Å²) in [6, 6.07) is 26.3. The molecule has 4 rings (SSSR count). The van der Waals surface area contributed by atoms with E-state index >= 15 is 0 Å². The first-order valence-corrected chi connectivity index (χ1v) is 17.5. The second-order valence-electron chi connectivity index (χ2n) is 11.1. The smallest absolute Gasteiger partial charge is 0.264 e. The minimum Gasteiger partial charge on any atom is -0.495 e. The highest BCUT2D eigenvalue weighted by Gasteiger charge is 2.36. The van der Waals surface area contributed by atoms with E-state index in [4.69, 9.17) is 27.9 Å². The van der Waals surface area contributed by atoms with Crippen molar-refractivity contribution in [2.24, 2.45) is 0 Å². The second kappa shape index (κ2) is 16.7. The van der Waals surface area contributed by atoms with Crippen LogP contribution in [0, 0.1) is 6.92 Å². The van der Waals surface area contributed by atoms with E-state index in [1.165, 1.54) is 24.1 Å². The van der Waals surface area contributed by atoms with Gasteiger partial charge in [-0.05, 0) is 60.9 Å². The quantitative estimate of drug-likeness (QED) is 0.134. The Bertz CT molecular complexity index is 1750. The Hall–Kier alpha value is -4.05. The Morgan fingerprint density at radius 2 is 1.53 bits per heavy atom. The molecule has 0 heterocycles. The Morgan fingerprint density at radius 1 is 0.894 bits per heavy atom. The van der Waals surface area contributed by atoms with Gasteiger partial charge in [0.1, 0.15) is 18.3 Å². The number of amides is 2. The van der Waals surface area contributed by atoms with E-state index in [1.54, 1.807) is 54.6 Å². The van der Waals surface area contributed by atoms with Crippen molar-refractivity contribution in [2.75, 3.05) is 24.5 Å². The number of methoxy groups -OCH3 is 1. The molecule has 0 saturated carbocycles. The van der Waals surface area contributed by atoms with Crippen molar-refractivity contribution < 1.29 is 22.7 Å². The summed E-state index contributed by atoms with van der Waals surface area (Å²) in [5, 5.41) is 3.60. The highest BCUT2D eigenvalue weighted by molar-refractivity contribution is 7.92. The molecule has 0 aliphatic heterocycles. The lowest BCUT2D eigenvalue weighted by Gasteiger charge is -2.34. The van der Waals surface area contributed by atoms with Crippen molar-refractivity contribution in [3.05, 3.63) is 124 Å². The molecular weight excluding hydrogens is 657 g/mol. The third-order valence-corrected chi connectivity index (χ3v) is 10.2. The molecule has 248 valence electrons. The molecule has 11 heteroatoms. The number of hydrogen-bond acceptors (Lipinski definition) is 5. The van der Waals surface area contributed by atoms with Crippen LogP contribution >= 0.6 is 23.2 Å². The van der Waals surface area contributed by atoms with Crippen molar-refractivity contribution in [1.29, 1.82) is 0 Å². The van der Waals surface area contributed by atoms with Gasteiger partial charge in [0.2, 0.25) is 11.8 Å². The van der Waals surface area contributed by atoms with E-state index < -0.39 is 28.5 Å². The third-order valence-electron chi connectivity index (χ3n) is 7.70. The number of benzene rings is 4. The van der Waals surface area contributed by atoms with Gasteiger partial charge in [-0.3, -0.25) is 13.9 Å². The number of hydrogen-bond donors (Lipinski definition) is 1. The SMILES string of the molecule is CCCCNC(=O)[C@H](Cc1ccccc1)N(Cc1c(Cl)cccc1Cl)C(=O)CN(c1cc(C)ccc1OC)S(=O)(=O)c1ccccc1. The fourth-order valence-corrected chi connectivity index (χ4v) is 7.10. The van der Waals surface area contributed by atoms with Crippen LogP contribution in [-0.2, 0) is 32.6 Å². The van der Waals surface area contributed by atoms with Crippen LogP contribution < -0.4 is 14.4 Å². The van der Waals surface area contributed by atoms with Crippen LogP contribution in [0.25, 0.3) is 0 Å². The van der Waals surface area contributed by atoms with E-state index in [-0.39, 0.29) is 35.2 Å². The van der Waals surface area contributed by atoms with Gasteiger partial charge in [0.15, 0.2) is 0 Å². The molecule has 4 aromatic carbocycles. The number of carbonyl (C=O) groups excluding carboxylic acids is 2. The van der Waals surface area contributed by atoms with Crippen LogP contribution in [0.4, 0.5) is 5.69 Å². The van der Waals surface area contributed by atoms with Gasteiger partial charge < -0.3 is 15.0 Å². The lowest BCUT2D eigenvalue weighted by atomic mass is 10.0. The summed E-state index contributed by atoms with van der Waals surface area (Å²) in [7, 11) is -2.85. The van der Waals surface area contributed by atoms with E-state index in [0.29, 0.717) is 22.2 Å². The lowest BCUT2D eigenvalue weighted by Crippen LogP contribution is -2.53. The van der Waals surface area contributed by atoms with Crippen LogP contribution in [0.15, 0.2) is 102 Å². The average molecular weight is 697 g/mol. The van der Waals surface area contributed by atoms with Gasteiger partial charge >= 0.3 is 0 Å². The van der Waals surface area contributed by atoms with Gasteiger partial charge in [-0.1, -0.05) is 97.2 Å². The van der Waals surface area contributed by atoms with Crippen LogP contribution in [0.5, 0.6) is 5.75 Å². The van der Waals surface area contributed by atoms with E-state index in [0.717, 1.165) is 28.3 Å². The molecule has 1 atom stereocenters. The summed E-state index contributed by atoms with van der Waals surface area (Å²) in [5.74, 6) is -0.734. The van der Waals surface area contributed by atoms with Gasteiger partial charge in [0.25, 0.3) is 10.0 Å². The van der Waals surface area contributed by atoms with Crippen molar-refractivity contribution in [2.45, 2.75) is 50.6 Å². The maximum Gasteiger partial charge on any atom is 0.264 e. The van der Waals surface area contributed by atoms with E-state index in [2.05, 4.69) is 5.32 Å². The molecule has 0 bridgehead atoms. The number of nitrogens with zero attached hydrogens (tertiary/aromatic N) is 2. The number of ether oxygens (including phenoxy) is 1. The normalized spacial score (nSPS) is 11.9. The van der Waals surface area contributed by atoms with E-state index in [9.17, 15) is 18.0 Å². The fourth-order valence-electron chi connectivity index (χ4n) is 5.14. The van der Waals surface area contributed by atoms with Crippen molar-refractivity contribution >= 4 is 50.7 Å². The first-order chi connectivity index (χ1) is 22.6. The number of halogens is 2. The Morgan fingerprint density at radius 3 is 2.15 bits per heavy atom. The molecule has 8 nitrogen and oxygen atoms in total. The molecule has 0 unspecified atom stereocenters. The first kappa shape index (κ1) is 35.8. The third kappa shape index (κ3) is 9.06. The number of anilines is 1. The monoisotopic (exact) mass is 695 g/mol. The molecule has 0 aromatic heterocycles. The van der Waals surface area contributed by atoms with Gasteiger partial charge in [-0.15, -0.1) is 0 Å². The minimum absolute atomic E-state index is 0.00444. The van der Waals surface area contributed by atoms with Gasteiger partial charge in [-0.25, -0.2) is 8.42 Å². The molecule has 47 heavy (non-hydrogen) atoms. The topological polar surface area (TPSA) is 96.0 Å². The largest absolute Gasteiger partial charge is 0.495 e. The fraction of sp³-hybridized carbons (Fsp3) is 0.278. The Kier molecular flexibility index (Phi) is 12.7. The Balaban J connectivity index is 1.86. The first-order valence-electron chi connectivity index (χ1n) is 15.3. The summed E-state index contributed by atoms with van der Waals surface area (Å²) in [5.41, 5.74) is 2.21. The van der Waals surface area contributed by atoms with Crippen LogP contribution in [-0.4, -0.2) is 51.4 Å². The Labute approximate surface area is 287 Å². The molecule has 0 aliphatic rings. The van der Waals surface area contributed by atoms with Gasteiger partial charge in [0.05, 0.1) is 17.7 Å². The maximum absolute atomic E-state index is 14.7. The molecule has 0 saturated heterocycles. The number of rotatable bonds is 15. The minimum atomic E-state index is -4.29. The highest BCUT2D eigenvalue weighted by atomic mass is 35.5. The average Bonchev–Trinajstić information content (AvgIpc) is 3.07. The van der Waals surface area contributed by atoms with Crippen LogP contribution in [0.3, 0.4) is 0 Å². The predicted molar refractivity (Wildman–Crippen MR) is 188 cm³/mol. The zero-order chi connectivity index (χ0) is 34.0. The molecule has 0 fully saturated rings. The molecule has 0 spiro atoms. The van der Waals surface area contributed by atoms with Crippen molar-refractivity contribution in [3.63, 3.8) is 0 Å². The van der Waals surface area contributed by atoms with Crippen LogP contribution in [0.2, 0.25) is 10.0 Å². The van der Waals surface area contributed by atoms with Crippen LogP contribution in [0.1, 0.15) is 36.5 Å². The number of aryl methyl sites for hydroxylation is 1. The molecule has 1 N–H and O–H groups in total. The zero-order valence-electron chi connectivity index (χ0n) is 26.7. The van der Waals surface area contributed by atoms with E-state index in [1.807, 2.05) is 44.2 Å². The highest BCUT2D eigenvalue weighted by Crippen LogP contribution is 2.34. The standard InChI is InChI=1S/C36H39Cl2N3O5S/c1-4-5-21-39-36(43)33(23-27-13-8-6-9-14-27)40(24-29-30(37)17-12-18-31(29)38)35(42)25-41(32-22-26(2)19-20-34(32)46-3)47(44,45)28-15-10-7-11-16-28/h6-20,22,33H,4-5,21,23-25H2,1-3H3,(H,39,43)/t33-/m0/s1. The summed E-state index contributed by atoms with van der Waals surface area (Å²) >= 11 is 13.2. The molecular formula is C36H39Cl2N3O5S. The van der Waals surface area contributed by atoms with Gasteiger partial charge in [0, 0.05) is 35.1 Å². The number of carbonyl (C=O) groups is 2. The summed E-state index contributed by atoms with van der Waals surface area (Å²) in [4.78, 5) is 30.0. The maximum atomic E-state index is 14.7. The summed E-state index contributed by atoms with van der Waals surface area (Å²) in [6.07, 6.45) is 1.79. The number of unbranched alkanes of at least 4 members (excludes halogenated alkanes) is 1. The number of nitrogens with one attached hydrogen (secondary N) is 1. The predicted octanol–water partition coefficient (Wildman–Crippen LogP) is 7.06. The summed E-state index contributed by atoms with van der Waals surface area (Å²) in [6.45, 7) is 3.49. The second-order valence-corrected chi connectivity index (χ2v) is 13.7. The molecule has 4 aromatic rings. The van der Waals surface area contributed by atoms with Crippen molar-refractivity contribution in [3.8, 4) is 5.75 Å². The van der Waals surface area contributed by atoms with Crippen molar-refractivity contribution in [1.82, 2.24) is 10.2 Å². The molecule has 0 aliphatic carbocycles. The molecule has 0 radical (unpaired) electrons. The molecule has 2 amide bonds. The zero-order valence-corrected chi connectivity index (χ0v) is 29.0. The van der Waals surface area contributed by atoms with Gasteiger partial charge in [-0.2, -0.15) is 0 Å². The number of sulfonamides is 1.